The standard InChI is InChI=1S/C18H19NO3/c1-13-7-9-17(22-3)14(11-13)8-10-18(20)19-15-5-4-6-16(12-15)21-2/h4-12H,1-3H3,(H,19,20). The molecule has 22 heavy (non-hydrogen) atoms. The van der Waals surface area contributed by atoms with Crippen molar-refractivity contribution in [3.05, 3.63) is 59.7 Å². The Kier molecular flexibility index (Phi) is 5.20. The summed E-state index contributed by atoms with van der Waals surface area (Å²) < 4.78 is 10.4. The van der Waals surface area contributed by atoms with Crippen LogP contribution in [0, 0.1) is 6.92 Å². The van der Waals surface area contributed by atoms with Crippen LogP contribution in [0.25, 0.3) is 6.08 Å². The lowest BCUT2D eigenvalue weighted by atomic mass is 10.1. The van der Waals surface area contributed by atoms with Crippen LogP contribution in [0.3, 0.4) is 0 Å². The molecule has 0 aromatic heterocycles. The molecule has 0 fully saturated rings. The predicted molar refractivity (Wildman–Crippen MR) is 88.4 cm³/mol. The van der Waals surface area contributed by atoms with Gasteiger partial charge in [0.2, 0.25) is 5.91 Å². The SMILES string of the molecule is COc1cccc(NC(=O)C=Cc2cc(C)ccc2OC)c1. The number of hydrogen-bond acceptors (Lipinski definition) is 3. The summed E-state index contributed by atoms with van der Waals surface area (Å²) in [5.74, 6) is 1.22. The minimum atomic E-state index is -0.211. The number of amides is 1. The number of hydrogen-bond donors (Lipinski definition) is 1. The van der Waals surface area contributed by atoms with Gasteiger partial charge >= 0.3 is 0 Å². The van der Waals surface area contributed by atoms with E-state index in [0.29, 0.717) is 11.4 Å². The molecule has 0 radical (unpaired) electrons. The Morgan fingerprint density at radius 1 is 1.09 bits per heavy atom. The summed E-state index contributed by atoms with van der Waals surface area (Å²) in [6, 6.07) is 13.0. The molecule has 0 bridgehead atoms. The van der Waals surface area contributed by atoms with Gasteiger partial charge in [0.05, 0.1) is 14.2 Å². The van der Waals surface area contributed by atoms with Crippen molar-refractivity contribution in [3.8, 4) is 11.5 Å². The maximum absolute atomic E-state index is 12.0. The number of methoxy groups -OCH3 is 2. The van der Waals surface area contributed by atoms with Gasteiger partial charge in [0.25, 0.3) is 0 Å². The van der Waals surface area contributed by atoms with Crippen molar-refractivity contribution in [2.75, 3.05) is 19.5 Å². The second kappa shape index (κ2) is 7.31. The van der Waals surface area contributed by atoms with Crippen LogP contribution in [0.4, 0.5) is 5.69 Å². The maximum atomic E-state index is 12.0. The number of benzene rings is 2. The molecule has 0 aliphatic rings. The van der Waals surface area contributed by atoms with Crippen molar-refractivity contribution in [2.45, 2.75) is 6.92 Å². The van der Waals surface area contributed by atoms with E-state index in [1.54, 1.807) is 26.4 Å². The van der Waals surface area contributed by atoms with Crippen LogP contribution < -0.4 is 14.8 Å². The minimum absolute atomic E-state index is 0.211. The van der Waals surface area contributed by atoms with Crippen LogP contribution in [0.5, 0.6) is 11.5 Å². The molecule has 2 rings (SSSR count). The molecule has 0 saturated heterocycles. The average molecular weight is 297 g/mol. The van der Waals surface area contributed by atoms with Gasteiger partial charge in [-0.2, -0.15) is 0 Å². The Morgan fingerprint density at radius 2 is 1.91 bits per heavy atom. The summed E-state index contributed by atoms with van der Waals surface area (Å²) in [6.07, 6.45) is 3.22. The highest BCUT2D eigenvalue weighted by Crippen LogP contribution is 2.21. The van der Waals surface area contributed by atoms with Crippen LogP contribution in [0.2, 0.25) is 0 Å². The topological polar surface area (TPSA) is 47.6 Å². The summed E-state index contributed by atoms with van der Waals surface area (Å²) in [7, 11) is 3.20. The summed E-state index contributed by atoms with van der Waals surface area (Å²) >= 11 is 0. The minimum Gasteiger partial charge on any atom is -0.497 e. The quantitative estimate of drug-likeness (QED) is 0.857. The Bertz CT molecular complexity index is 692. The molecule has 1 N–H and O–H groups in total. The first-order valence-electron chi connectivity index (χ1n) is 6.90. The first-order chi connectivity index (χ1) is 10.6. The third-order valence-corrected chi connectivity index (χ3v) is 3.14. The largest absolute Gasteiger partial charge is 0.497 e. The molecule has 114 valence electrons. The first kappa shape index (κ1) is 15.6. The number of carbonyl (C=O) groups is 1. The molecule has 0 saturated carbocycles. The molecule has 0 aliphatic carbocycles. The maximum Gasteiger partial charge on any atom is 0.248 e. The van der Waals surface area contributed by atoms with E-state index in [1.165, 1.54) is 6.08 Å². The fourth-order valence-electron chi connectivity index (χ4n) is 2.03. The molecule has 2 aromatic rings. The zero-order valence-corrected chi connectivity index (χ0v) is 12.9. The van der Waals surface area contributed by atoms with E-state index in [-0.39, 0.29) is 5.91 Å². The molecule has 4 nitrogen and oxygen atoms in total. The van der Waals surface area contributed by atoms with Gasteiger partial charge in [-0.3, -0.25) is 4.79 Å². The van der Waals surface area contributed by atoms with Crippen LogP contribution in [-0.4, -0.2) is 20.1 Å². The molecule has 2 aromatic carbocycles. The van der Waals surface area contributed by atoms with Crippen LogP contribution >= 0.6 is 0 Å². The molecule has 1 amide bonds. The Balaban J connectivity index is 2.09. The molecule has 4 heteroatoms. The fourth-order valence-corrected chi connectivity index (χ4v) is 2.03. The molecular formula is C18H19NO3. The van der Waals surface area contributed by atoms with Crippen molar-refractivity contribution in [2.24, 2.45) is 0 Å². The lowest BCUT2D eigenvalue weighted by Gasteiger charge is -2.06. The zero-order valence-electron chi connectivity index (χ0n) is 12.9. The normalized spacial score (nSPS) is 10.5. The first-order valence-corrected chi connectivity index (χ1v) is 6.90. The number of ether oxygens (including phenoxy) is 2. The monoisotopic (exact) mass is 297 g/mol. The van der Waals surface area contributed by atoms with E-state index in [9.17, 15) is 4.79 Å². The van der Waals surface area contributed by atoms with Crippen molar-refractivity contribution < 1.29 is 14.3 Å². The zero-order chi connectivity index (χ0) is 15.9. The number of aryl methyl sites for hydroxylation is 1. The predicted octanol–water partition coefficient (Wildman–Crippen LogP) is 3.66. The molecule has 0 atom stereocenters. The van der Waals surface area contributed by atoms with Crippen molar-refractivity contribution in [3.63, 3.8) is 0 Å². The Hall–Kier alpha value is -2.75. The van der Waals surface area contributed by atoms with E-state index < -0.39 is 0 Å². The Labute approximate surface area is 130 Å². The van der Waals surface area contributed by atoms with Gasteiger partial charge in [0.15, 0.2) is 0 Å². The van der Waals surface area contributed by atoms with Crippen LogP contribution in [0.15, 0.2) is 48.5 Å². The highest BCUT2D eigenvalue weighted by molar-refractivity contribution is 6.02. The summed E-state index contributed by atoms with van der Waals surface area (Å²) in [5.41, 5.74) is 2.65. The molecular weight excluding hydrogens is 278 g/mol. The van der Waals surface area contributed by atoms with Crippen LogP contribution in [-0.2, 0) is 4.79 Å². The van der Waals surface area contributed by atoms with Gasteiger partial charge < -0.3 is 14.8 Å². The van der Waals surface area contributed by atoms with E-state index in [0.717, 1.165) is 16.9 Å². The number of rotatable bonds is 5. The summed E-state index contributed by atoms with van der Waals surface area (Å²) in [4.78, 5) is 12.0. The highest BCUT2D eigenvalue weighted by atomic mass is 16.5. The fraction of sp³-hybridized carbons (Fsp3) is 0.167. The van der Waals surface area contributed by atoms with Crippen molar-refractivity contribution >= 4 is 17.7 Å². The Morgan fingerprint density at radius 3 is 2.64 bits per heavy atom. The van der Waals surface area contributed by atoms with Gasteiger partial charge in [0.1, 0.15) is 11.5 Å². The van der Waals surface area contributed by atoms with Gasteiger partial charge in [-0.25, -0.2) is 0 Å². The molecule has 0 spiro atoms. The number of carbonyl (C=O) groups excluding carboxylic acids is 1. The van der Waals surface area contributed by atoms with Crippen molar-refractivity contribution in [1.29, 1.82) is 0 Å². The lowest BCUT2D eigenvalue weighted by molar-refractivity contribution is -0.111. The summed E-state index contributed by atoms with van der Waals surface area (Å²) in [6.45, 7) is 1.99. The second-order valence-electron chi connectivity index (χ2n) is 4.80. The number of anilines is 1. The second-order valence-corrected chi connectivity index (χ2v) is 4.80. The lowest BCUT2D eigenvalue weighted by Crippen LogP contribution is -2.07. The van der Waals surface area contributed by atoms with Gasteiger partial charge in [-0.1, -0.05) is 17.7 Å². The third kappa shape index (κ3) is 4.12. The third-order valence-electron chi connectivity index (χ3n) is 3.14. The van der Waals surface area contributed by atoms with E-state index >= 15 is 0 Å². The molecule has 0 aliphatic heterocycles. The number of nitrogens with one attached hydrogen (secondary N) is 1. The van der Waals surface area contributed by atoms with E-state index in [4.69, 9.17) is 9.47 Å². The van der Waals surface area contributed by atoms with Gasteiger partial charge in [-0.15, -0.1) is 0 Å². The van der Waals surface area contributed by atoms with Crippen molar-refractivity contribution in [1.82, 2.24) is 0 Å². The van der Waals surface area contributed by atoms with E-state index in [2.05, 4.69) is 5.32 Å². The van der Waals surface area contributed by atoms with Crippen LogP contribution in [0.1, 0.15) is 11.1 Å². The molecule has 0 heterocycles. The average Bonchev–Trinajstić information content (AvgIpc) is 2.53. The van der Waals surface area contributed by atoms with Gasteiger partial charge in [0, 0.05) is 23.4 Å². The smallest absolute Gasteiger partial charge is 0.248 e. The van der Waals surface area contributed by atoms with E-state index in [1.807, 2.05) is 43.3 Å². The summed E-state index contributed by atoms with van der Waals surface area (Å²) in [5, 5.41) is 2.79. The van der Waals surface area contributed by atoms with Gasteiger partial charge in [-0.05, 0) is 37.3 Å². The highest BCUT2D eigenvalue weighted by Gasteiger charge is 2.02. The molecule has 0 unspecified atom stereocenters.